The van der Waals surface area contributed by atoms with Crippen LogP contribution in [0, 0.1) is 0 Å². The molecule has 56 valence electrons. The van der Waals surface area contributed by atoms with Gasteiger partial charge in [-0.05, 0) is 18.3 Å². The summed E-state index contributed by atoms with van der Waals surface area (Å²) in [4.78, 5) is 0. The molecule has 0 rings (SSSR count). The van der Waals surface area contributed by atoms with Crippen molar-refractivity contribution in [2.24, 2.45) is 0 Å². The third-order valence-corrected chi connectivity index (χ3v) is 13.4. The summed E-state index contributed by atoms with van der Waals surface area (Å²) in [5, 5.41) is 0. The van der Waals surface area contributed by atoms with Crippen LogP contribution in [0.1, 0.15) is 32.6 Å². The van der Waals surface area contributed by atoms with Crippen molar-refractivity contribution in [3.05, 3.63) is 0 Å². The van der Waals surface area contributed by atoms with E-state index in [0.29, 0.717) is 17.6 Å². The summed E-state index contributed by atoms with van der Waals surface area (Å²) < 4.78 is 0. The van der Waals surface area contributed by atoms with E-state index in [1.54, 1.807) is 22.2 Å². The van der Waals surface area contributed by atoms with Gasteiger partial charge in [0.05, 0.1) is 0 Å². The molecule has 0 aliphatic rings. The Morgan fingerprint density at radius 2 is 2.00 bits per heavy atom. The van der Waals surface area contributed by atoms with Crippen LogP contribution >= 0.6 is 0 Å². The van der Waals surface area contributed by atoms with Gasteiger partial charge in [-0.1, -0.05) is 38.7 Å². The van der Waals surface area contributed by atoms with E-state index in [9.17, 15) is 0 Å². The second-order valence-electron chi connectivity index (χ2n) is 2.77. The van der Waals surface area contributed by atoms with Gasteiger partial charge in [-0.3, -0.25) is 0 Å². The maximum absolute atomic E-state index is 2.29. The fourth-order valence-corrected chi connectivity index (χ4v) is 9.30. The highest BCUT2D eigenvalue weighted by Gasteiger charge is 1.86. The molecule has 0 nitrogen and oxygen atoms in total. The first-order valence-electron chi connectivity index (χ1n) is 4.41. The lowest BCUT2D eigenvalue weighted by atomic mass is 10.2. The van der Waals surface area contributed by atoms with Crippen molar-refractivity contribution < 1.29 is 0 Å². The molecule has 0 heterocycles. The van der Waals surface area contributed by atoms with Gasteiger partial charge in [0, 0.05) is 9.04 Å². The molecule has 0 N–H and O–H groups in total. The van der Waals surface area contributed by atoms with Crippen molar-refractivity contribution in [3.8, 4) is 0 Å². The van der Waals surface area contributed by atoms with E-state index in [0.717, 1.165) is 0 Å². The summed E-state index contributed by atoms with van der Waals surface area (Å²) in [6, 6.07) is 1.69. The third kappa shape index (κ3) is 8.65. The van der Waals surface area contributed by atoms with Crippen LogP contribution in [-0.2, 0) is 0 Å². The predicted octanol–water partition coefficient (Wildman–Crippen LogP) is -0.482. The van der Waals surface area contributed by atoms with Crippen molar-refractivity contribution in [2.45, 2.75) is 38.7 Å². The van der Waals surface area contributed by atoms with Crippen LogP contribution in [0.15, 0.2) is 0 Å². The SMILES string of the molecule is CCCCCC[SiH2][SiH2][SiH3]. The Morgan fingerprint density at radius 3 is 2.56 bits per heavy atom. The van der Waals surface area contributed by atoms with Gasteiger partial charge in [0.15, 0.2) is 0 Å². The standard InChI is InChI=1S/C6H20Si3/c1-2-3-4-5-6-8-9-7/h2-6,8-9H2,1,7H3. The molecular weight excluding hydrogens is 156 g/mol. The van der Waals surface area contributed by atoms with E-state index in [-0.39, 0.29) is 0 Å². The molecule has 9 heavy (non-hydrogen) atoms. The molecule has 0 atom stereocenters. The van der Waals surface area contributed by atoms with Gasteiger partial charge >= 0.3 is 0 Å². The maximum Gasteiger partial charge on any atom is 0.00460 e. The smallest absolute Gasteiger partial charge is 0.00460 e. The molecule has 0 aliphatic heterocycles. The molecule has 0 aromatic rings. The predicted molar refractivity (Wildman–Crippen MR) is 56.0 cm³/mol. The average molecular weight is 176 g/mol. The van der Waals surface area contributed by atoms with Crippen LogP contribution in [0.5, 0.6) is 0 Å². The minimum Gasteiger partial charge on any atom is -0.0655 e. The van der Waals surface area contributed by atoms with Crippen molar-refractivity contribution in [1.82, 2.24) is 0 Å². The summed E-state index contributed by atoms with van der Waals surface area (Å²) in [6.07, 6.45) is 5.99. The molecule has 0 aliphatic carbocycles. The van der Waals surface area contributed by atoms with E-state index in [1.165, 1.54) is 19.3 Å². The molecule has 0 amide bonds. The largest absolute Gasteiger partial charge is 0.0655 e. The highest BCUT2D eigenvalue weighted by atomic mass is 29.5. The molecule has 0 aromatic heterocycles. The monoisotopic (exact) mass is 176 g/mol. The first-order valence-corrected chi connectivity index (χ1v) is 15.1. The van der Waals surface area contributed by atoms with Gasteiger partial charge < -0.3 is 0 Å². The zero-order chi connectivity index (χ0) is 6.95. The highest BCUT2D eigenvalue weighted by Crippen LogP contribution is 2.00. The molecule has 3 heteroatoms. The molecule has 0 unspecified atom stereocenters. The summed E-state index contributed by atoms with van der Waals surface area (Å²) >= 11 is 0. The topological polar surface area (TPSA) is 0 Å². The first-order chi connectivity index (χ1) is 4.41. The summed E-state index contributed by atoms with van der Waals surface area (Å²) in [7, 11) is 2.86. The Kier molecular flexibility index (Phi) is 9.28. The van der Waals surface area contributed by atoms with Crippen LogP contribution in [0.4, 0.5) is 0 Å². The quantitative estimate of drug-likeness (QED) is 0.379. The minimum absolute atomic E-state index is 0.594. The maximum atomic E-state index is 2.29. The molecular formula is C6H20Si3. The number of hydrogen-bond donors (Lipinski definition) is 0. The van der Waals surface area contributed by atoms with Gasteiger partial charge in [0.1, 0.15) is 0 Å². The molecule has 0 fully saturated rings. The van der Waals surface area contributed by atoms with E-state index >= 15 is 0 Å². The molecule has 0 bridgehead atoms. The minimum atomic E-state index is 0.594. The number of hydrogen-bond acceptors (Lipinski definition) is 0. The van der Waals surface area contributed by atoms with Crippen LogP contribution in [-0.4, -0.2) is 27.4 Å². The lowest BCUT2D eigenvalue weighted by Gasteiger charge is -1.95. The van der Waals surface area contributed by atoms with E-state index < -0.39 is 0 Å². The zero-order valence-corrected chi connectivity index (χ0v) is 11.8. The summed E-state index contributed by atoms with van der Waals surface area (Å²) in [5.74, 6) is 0. The number of unbranched alkanes of at least 4 members (excludes halogenated alkanes) is 3. The lowest BCUT2D eigenvalue weighted by molar-refractivity contribution is 0.701. The molecule has 0 saturated carbocycles. The van der Waals surface area contributed by atoms with Crippen LogP contribution < -0.4 is 0 Å². The second kappa shape index (κ2) is 8.65. The molecule has 0 saturated heterocycles. The van der Waals surface area contributed by atoms with Crippen molar-refractivity contribution >= 4 is 27.4 Å². The van der Waals surface area contributed by atoms with Gasteiger partial charge in [-0.25, -0.2) is 0 Å². The van der Waals surface area contributed by atoms with Crippen LogP contribution in [0.3, 0.4) is 0 Å². The van der Waals surface area contributed by atoms with Gasteiger partial charge in [0.2, 0.25) is 0 Å². The van der Waals surface area contributed by atoms with Crippen LogP contribution in [0.25, 0.3) is 0 Å². The van der Waals surface area contributed by atoms with Gasteiger partial charge in [0.25, 0.3) is 0 Å². The fraction of sp³-hybridized carbons (Fsp3) is 1.00. The Balaban J connectivity index is 2.60. The Hall–Kier alpha value is 0.651. The third-order valence-electron chi connectivity index (χ3n) is 1.71. The Labute approximate surface area is 66.5 Å². The average Bonchev–Trinajstić information content (AvgIpc) is 1.89. The van der Waals surface area contributed by atoms with E-state index in [4.69, 9.17) is 0 Å². The Morgan fingerprint density at radius 1 is 1.22 bits per heavy atom. The molecule has 0 spiro atoms. The number of rotatable bonds is 6. The summed E-state index contributed by atoms with van der Waals surface area (Å²) in [6.45, 7) is 2.29. The van der Waals surface area contributed by atoms with Gasteiger partial charge in [-0.15, -0.1) is 0 Å². The normalized spacial score (nSPS) is 13.0. The van der Waals surface area contributed by atoms with Gasteiger partial charge in [-0.2, -0.15) is 0 Å². The van der Waals surface area contributed by atoms with Crippen LogP contribution in [0.2, 0.25) is 6.04 Å². The zero-order valence-electron chi connectivity index (χ0n) is 6.95. The highest BCUT2D eigenvalue weighted by molar-refractivity contribution is 7.23. The summed E-state index contributed by atoms with van der Waals surface area (Å²) in [5.41, 5.74) is 0. The molecule has 0 radical (unpaired) electrons. The van der Waals surface area contributed by atoms with Crippen molar-refractivity contribution in [3.63, 3.8) is 0 Å². The van der Waals surface area contributed by atoms with E-state index in [1.807, 2.05) is 0 Å². The fourth-order valence-electron chi connectivity index (χ4n) is 1.03. The lowest BCUT2D eigenvalue weighted by Crippen LogP contribution is -2.01. The second-order valence-corrected chi connectivity index (χ2v) is 19.3. The van der Waals surface area contributed by atoms with Crippen molar-refractivity contribution in [1.29, 1.82) is 0 Å². The first kappa shape index (κ1) is 9.65. The molecule has 0 aromatic carbocycles. The van der Waals surface area contributed by atoms with E-state index in [2.05, 4.69) is 6.92 Å². The van der Waals surface area contributed by atoms with Crippen molar-refractivity contribution in [2.75, 3.05) is 0 Å². The Bertz CT molecular complexity index is 41.6.